The SMILES string of the molecule is Cc1cccc(N2COOC3(CCCCC3)OOC2)c1. The maximum atomic E-state index is 5.50. The molecule has 0 N–H and O–H groups in total. The lowest BCUT2D eigenvalue weighted by molar-refractivity contribution is -0.527. The van der Waals surface area contributed by atoms with Crippen molar-refractivity contribution < 1.29 is 19.6 Å². The van der Waals surface area contributed by atoms with E-state index >= 15 is 0 Å². The fourth-order valence-corrected chi connectivity index (χ4v) is 2.68. The molecule has 0 bridgehead atoms. The topological polar surface area (TPSA) is 40.2 Å². The minimum Gasteiger partial charge on any atom is -0.320 e. The largest absolute Gasteiger partial charge is 0.320 e. The molecular weight excluding hydrogens is 258 g/mol. The van der Waals surface area contributed by atoms with Crippen molar-refractivity contribution in [2.75, 3.05) is 18.4 Å². The normalized spacial score (nSPS) is 23.4. The molecule has 1 aliphatic carbocycles. The van der Waals surface area contributed by atoms with Crippen molar-refractivity contribution in [3.8, 4) is 0 Å². The van der Waals surface area contributed by atoms with Crippen LogP contribution in [0.3, 0.4) is 0 Å². The number of hydrogen-bond donors (Lipinski definition) is 0. The van der Waals surface area contributed by atoms with Crippen LogP contribution in [0.25, 0.3) is 0 Å². The first-order valence-corrected chi connectivity index (χ1v) is 7.20. The van der Waals surface area contributed by atoms with Crippen molar-refractivity contribution in [1.29, 1.82) is 0 Å². The Kier molecular flexibility index (Phi) is 4.21. The minimum absolute atomic E-state index is 0.328. The number of benzene rings is 1. The molecule has 0 amide bonds. The van der Waals surface area contributed by atoms with Gasteiger partial charge in [0.1, 0.15) is 0 Å². The van der Waals surface area contributed by atoms with Crippen LogP contribution >= 0.6 is 0 Å². The van der Waals surface area contributed by atoms with E-state index in [1.54, 1.807) is 0 Å². The third-order valence-electron chi connectivity index (χ3n) is 3.82. The summed E-state index contributed by atoms with van der Waals surface area (Å²) in [6, 6.07) is 8.15. The van der Waals surface area contributed by atoms with Crippen LogP contribution in [0.4, 0.5) is 5.69 Å². The van der Waals surface area contributed by atoms with E-state index in [-0.39, 0.29) is 0 Å². The molecule has 20 heavy (non-hydrogen) atoms. The van der Waals surface area contributed by atoms with Crippen LogP contribution in [-0.2, 0) is 19.6 Å². The first-order chi connectivity index (χ1) is 9.77. The molecule has 1 spiro atoms. The van der Waals surface area contributed by atoms with Crippen LogP contribution in [-0.4, -0.2) is 19.2 Å². The summed E-state index contributed by atoms with van der Waals surface area (Å²) in [7, 11) is 0. The van der Waals surface area contributed by atoms with Gasteiger partial charge in [-0.2, -0.15) is 9.78 Å². The summed E-state index contributed by atoms with van der Waals surface area (Å²) >= 11 is 0. The second kappa shape index (κ2) is 6.10. The molecule has 0 atom stereocenters. The maximum Gasteiger partial charge on any atom is 0.234 e. The molecular formula is C15H21NO4. The Morgan fingerprint density at radius 2 is 1.70 bits per heavy atom. The number of nitrogens with zero attached hydrogens (tertiary/aromatic N) is 1. The predicted molar refractivity (Wildman–Crippen MR) is 73.5 cm³/mol. The van der Waals surface area contributed by atoms with Crippen molar-refractivity contribution in [2.45, 2.75) is 44.8 Å². The highest BCUT2D eigenvalue weighted by molar-refractivity contribution is 5.47. The molecule has 0 aromatic heterocycles. The average molecular weight is 279 g/mol. The lowest BCUT2D eigenvalue weighted by Crippen LogP contribution is -2.44. The molecule has 1 aromatic rings. The minimum atomic E-state index is -0.711. The Bertz CT molecular complexity index is 433. The monoisotopic (exact) mass is 279 g/mol. The van der Waals surface area contributed by atoms with Gasteiger partial charge in [0.15, 0.2) is 13.5 Å². The molecule has 2 fully saturated rings. The van der Waals surface area contributed by atoms with Gasteiger partial charge in [-0.15, -0.1) is 0 Å². The zero-order valence-electron chi connectivity index (χ0n) is 11.8. The van der Waals surface area contributed by atoms with Gasteiger partial charge in [-0.25, -0.2) is 9.78 Å². The van der Waals surface area contributed by atoms with Gasteiger partial charge >= 0.3 is 0 Å². The Labute approximate surface area is 119 Å². The van der Waals surface area contributed by atoms with Crippen molar-refractivity contribution in [2.24, 2.45) is 0 Å². The fourth-order valence-electron chi connectivity index (χ4n) is 2.68. The van der Waals surface area contributed by atoms with Crippen LogP contribution in [0.2, 0.25) is 0 Å². The standard InChI is InChI=1S/C15H21NO4/c1-13-6-5-7-14(10-13)16-11-17-19-15(20-18-12-16)8-3-2-4-9-15/h5-7,10H,2-4,8-9,11-12H2,1H3. The molecule has 1 heterocycles. The highest BCUT2D eigenvalue weighted by atomic mass is 17.3. The van der Waals surface area contributed by atoms with Crippen LogP contribution in [0.1, 0.15) is 37.7 Å². The van der Waals surface area contributed by atoms with Crippen LogP contribution in [0.15, 0.2) is 24.3 Å². The van der Waals surface area contributed by atoms with Crippen LogP contribution in [0.5, 0.6) is 0 Å². The van der Waals surface area contributed by atoms with Crippen molar-refractivity contribution in [3.63, 3.8) is 0 Å². The molecule has 0 unspecified atom stereocenters. The molecule has 110 valence electrons. The fraction of sp³-hybridized carbons (Fsp3) is 0.600. The summed E-state index contributed by atoms with van der Waals surface area (Å²) < 4.78 is 0. The van der Waals surface area contributed by atoms with Crippen molar-refractivity contribution in [3.05, 3.63) is 29.8 Å². The summed E-state index contributed by atoms with van der Waals surface area (Å²) in [6.07, 6.45) is 5.00. The Hall–Kier alpha value is -1.14. The van der Waals surface area contributed by atoms with E-state index in [2.05, 4.69) is 19.1 Å². The third kappa shape index (κ3) is 3.12. The summed E-state index contributed by atoms with van der Waals surface area (Å²) in [4.78, 5) is 23.7. The maximum absolute atomic E-state index is 5.50. The molecule has 1 aromatic carbocycles. The summed E-state index contributed by atoms with van der Waals surface area (Å²) in [5.74, 6) is -0.711. The number of anilines is 1. The molecule has 3 rings (SSSR count). The summed E-state index contributed by atoms with van der Waals surface area (Å²) in [6.45, 7) is 2.71. The zero-order chi connectivity index (χ0) is 13.8. The highest BCUT2D eigenvalue weighted by Crippen LogP contribution is 2.34. The van der Waals surface area contributed by atoms with Crippen molar-refractivity contribution in [1.82, 2.24) is 0 Å². The summed E-state index contributed by atoms with van der Waals surface area (Å²) in [5, 5.41) is 0. The van der Waals surface area contributed by atoms with Gasteiger partial charge in [0.05, 0.1) is 0 Å². The molecule has 1 aliphatic heterocycles. The van der Waals surface area contributed by atoms with Crippen molar-refractivity contribution >= 4 is 5.69 Å². The van der Waals surface area contributed by atoms with Gasteiger partial charge in [0.2, 0.25) is 5.79 Å². The second-order valence-electron chi connectivity index (χ2n) is 5.51. The molecule has 1 saturated heterocycles. The molecule has 5 heteroatoms. The Morgan fingerprint density at radius 1 is 1.00 bits per heavy atom. The molecule has 0 radical (unpaired) electrons. The Balaban J connectivity index is 1.63. The van der Waals surface area contributed by atoms with E-state index in [9.17, 15) is 0 Å². The van der Waals surface area contributed by atoms with E-state index in [0.29, 0.717) is 13.5 Å². The van der Waals surface area contributed by atoms with Gasteiger partial charge < -0.3 is 4.90 Å². The van der Waals surface area contributed by atoms with Gasteiger partial charge in [-0.1, -0.05) is 18.6 Å². The van der Waals surface area contributed by atoms with Crippen LogP contribution in [0, 0.1) is 6.92 Å². The second-order valence-corrected chi connectivity index (χ2v) is 5.51. The lowest BCUT2D eigenvalue weighted by Gasteiger charge is -2.37. The van der Waals surface area contributed by atoms with E-state index in [0.717, 1.165) is 31.4 Å². The number of rotatable bonds is 1. The average Bonchev–Trinajstić information content (AvgIpc) is 2.44. The highest BCUT2D eigenvalue weighted by Gasteiger charge is 2.38. The molecule has 1 saturated carbocycles. The first-order valence-electron chi connectivity index (χ1n) is 7.20. The van der Waals surface area contributed by atoms with Gasteiger partial charge in [0, 0.05) is 18.5 Å². The third-order valence-corrected chi connectivity index (χ3v) is 3.82. The van der Waals surface area contributed by atoms with E-state index in [1.807, 2.05) is 17.0 Å². The van der Waals surface area contributed by atoms with Gasteiger partial charge in [-0.05, 0) is 37.5 Å². The van der Waals surface area contributed by atoms with Crippen LogP contribution < -0.4 is 4.90 Å². The number of hydrogen-bond acceptors (Lipinski definition) is 5. The number of aryl methyl sites for hydroxylation is 1. The van der Waals surface area contributed by atoms with Gasteiger partial charge in [-0.3, -0.25) is 0 Å². The lowest BCUT2D eigenvalue weighted by atomic mass is 9.94. The predicted octanol–water partition coefficient (Wildman–Crippen LogP) is 3.29. The smallest absolute Gasteiger partial charge is 0.234 e. The summed E-state index contributed by atoms with van der Waals surface area (Å²) in [5.41, 5.74) is 2.21. The van der Waals surface area contributed by atoms with E-state index < -0.39 is 5.79 Å². The van der Waals surface area contributed by atoms with E-state index in [4.69, 9.17) is 19.6 Å². The van der Waals surface area contributed by atoms with E-state index in [1.165, 1.54) is 12.0 Å². The first kappa shape index (κ1) is 13.8. The molecule has 2 aliphatic rings. The molecule has 5 nitrogen and oxygen atoms in total. The Morgan fingerprint density at radius 3 is 2.35 bits per heavy atom. The van der Waals surface area contributed by atoms with Gasteiger partial charge in [0.25, 0.3) is 0 Å². The zero-order valence-corrected chi connectivity index (χ0v) is 11.8. The quantitative estimate of drug-likeness (QED) is 0.738.